The number of hydrogen-bond acceptors (Lipinski definition) is 6. The highest BCUT2D eigenvalue weighted by Crippen LogP contribution is 2.11. The minimum absolute atomic E-state index is 0.00851. The monoisotopic (exact) mass is 336 g/mol. The maximum Gasteiger partial charge on any atom is 0.315 e. The second kappa shape index (κ2) is 6.32. The van der Waals surface area contributed by atoms with Gasteiger partial charge in [0.05, 0.1) is 11.5 Å². The first-order chi connectivity index (χ1) is 11.0. The Bertz CT molecular complexity index is 773. The normalized spacial score (nSPS) is 19.4. The van der Waals surface area contributed by atoms with Crippen LogP contribution in [0.15, 0.2) is 31.0 Å². The largest absolute Gasteiger partial charge is 0.334 e. The van der Waals surface area contributed by atoms with Crippen LogP contribution in [-0.2, 0) is 16.4 Å². The molecule has 1 fully saturated rings. The molecule has 10 heteroatoms. The van der Waals surface area contributed by atoms with Crippen LogP contribution in [0.2, 0.25) is 0 Å². The van der Waals surface area contributed by atoms with Crippen LogP contribution in [0.4, 0.5) is 4.79 Å². The van der Waals surface area contributed by atoms with Crippen molar-refractivity contribution in [3.8, 4) is 5.82 Å². The topological polar surface area (TPSA) is 119 Å². The second-order valence-electron chi connectivity index (χ2n) is 5.29. The van der Waals surface area contributed by atoms with E-state index in [-0.39, 0.29) is 23.6 Å². The van der Waals surface area contributed by atoms with E-state index in [1.807, 2.05) is 6.07 Å². The number of amides is 2. The number of sulfone groups is 1. The summed E-state index contributed by atoms with van der Waals surface area (Å²) in [5.74, 6) is 0.770. The standard InChI is InChI=1S/C13H16N6O3S/c20-13(18-11-3-4-23(21,22)7-11)16-6-10-1-2-12(15-5-10)19-9-14-8-17-19/h1-2,5,8-9,11H,3-4,6-7H2,(H2,16,18,20)/t11-/m1/s1. The highest BCUT2D eigenvalue weighted by molar-refractivity contribution is 7.91. The lowest BCUT2D eigenvalue weighted by Crippen LogP contribution is -2.42. The van der Waals surface area contributed by atoms with Gasteiger partial charge in [-0.15, -0.1) is 0 Å². The van der Waals surface area contributed by atoms with Crippen LogP contribution in [0.1, 0.15) is 12.0 Å². The molecule has 0 bridgehead atoms. The van der Waals surface area contributed by atoms with Gasteiger partial charge in [-0.25, -0.2) is 27.9 Å². The molecule has 0 saturated carbocycles. The first kappa shape index (κ1) is 15.4. The molecule has 2 aromatic heterocycles. The van der Waals surface area contributed by atoms with Crippen molar-refractivity contribution in [1.82, 2.24) is 30.4 Å². The lowest BCUT2D eigenvalue weighted by molar-refractivity contribution is 0.237. The summed E-state index contributed by atoms with van der Waals surface area (Å²) in [6.07, 6.45) is 5.06. The van der Waals surface area contributed by atoms with E-state index in [2.05, 4.69) is 25.7 Å². The smallest absolute Gasteiger partial charge is 0.315 e. The number of rotatable bonds is 4. The Hall–Kier alpha value is -2.49. The first-order valence-corrected chi connectivity index (χ1v) is 8.89. The lowest BCUT2D eigenvalue weighted by Gasteiger charge is -2.12. The Morgan fingerprint density at radius 2 is 2.26 bits per heavy atom. The van der Waals surface area contributed by atoms with Crippen LogP contribution in [0, 0.1) is 0 Å². The molecular formula is C13H16N6O3S. The average molecular weight is 336 g/mol. The Balaban J connectivity index is 1.49. The van der Waals surface area contributed by atoms with Crippen molar-refractivity contribution >= 4 is 15.9 Å². The molecule has 1 aliphatic heterocycles. The summed E-state index contributed by atoms with van der Waals surface area (Å²) >= 11 is 0. The number of nitrogens with one attached hydrogen (secondary N) is 2. The predicted molar refractivity (Wildman–Crippen MR) is 81.6 cm³/mol. The molecule has 0 unspecified atom stereocenters. The zero-order valence-electron chi connectivity index (χ0n) is 12.2. The van der Waals surface area contributed by atoms with E-state index in [4.69, 9.17) is 0 Å². The van der Waals surface area contributed by atoms with Crippen molar-refractivity contribution in [1.29, 1.82) is 0 Å². The van der Waals surface area contributed by atoms with Gasteiger partial charge >= 0.3 is 6.03 Å². The van der Waals surface area contributed by atoms with Crippen molar-refractivity contribution in [3.05, 3.63) is 36.5 Å². The maximum absolute atomic E-state index is 11.8. The number of carbonyl (C=O) groups is 1. The fraction of sp³-hybridized carbons (Fsp3) is 0.385. The van der Waals surface area contributed by atoms with Gasteiger partial charge in [0.15, 0.2) is 15.7 Å². The molecule has 0 spiro atoms. The van der Waals surface area contributed by atoms with E-state index in [0.29, 0.717) is 18.8 Å². The van der Waals surface area contributed by atoms with Gasteiger partial charge in [-0.3, -0.25) is 0 Å². The molecule has 1 aliphatic rings. The predicted octanol–water partition coefficient (Wildman–Crippen LogP) is -0.351. The molecule has 1 atom stereocenters. The van der Waals surface area contributed by atoms with E-state index < -0.39 is 9.84 Å². The number of carbonyl (C=O) groups excluding carboxylic acids is 1. The zero-order chi connectivity index (χ0) is 16.3. The number of urea groups is 1. The van der Waals surface area contributed by atoms with Crippen LogP contribution in [0.25, 0.3) is 5.82 Å². The van der Waals surface area contributed by atoms with Gasteiger partial charge in [0, 0.05) is 18.8 Å². The van der Waals surface area contributed by atoms with Crippen LogP contribution in [-0.4, -0.2) is 51.7 Å². The van der Waals surface area contributed by atoms with Gasteiger partial charge in [0.2, 0.25) is 0 Å². The van der Waals surface area contributed by atoms with Crippen molar-refractivity contribution in [2.75, 3.05) is 11.5 Å². The molecule has 122 valence electrons. The SMILES string of the molecule is O=C(NCc1ccc(-n2cncn2)nc1)N[C@@H]1CCS(=O)(=O)C1. The molecule has 3 rings (SSSR count). The van der Waals surface area contributed by atoms with E-state index in [0.717, 1.165) is 5.56 Å². The average Bonchev–Trinajstić information content (AvgIpc) is 3.15. The third-order valence-electron chi connectivity index (χ3n) is 3.48. The molecule has 0 aromatic carbocycles. The molecule has 2 aromatic rings. The number of aromatic nitrogens is 4. The van der Waals surface area contributed by atoms with Gasteiger partial charge < -0.3 is 10.6 Å². The van der Waals surface area contributed by atoms with Crippen molar-refractivity contribution < 1.29 is 13.2 Å². The first-order valence-electron chi connectivity index (χ1n) is 7.06. The maximum atomic E-state index is 11.8. The summed E-state index contributed by atoms with van der Waals surface area (Å²) in [6, 6.07) is 2.90. The zero-order valence-corrected chi connectivity index (χ0v) is 13.0. The molecule has 1 saturated heterocycles. The summed E-state index contributed by atoms with van der Waals surface area (Å²) in [5, 5.41) is 9.33. The molecule has 3 heterocycles. The Labute approximate surface area is 133 Å². The molecule has 0 aliphatic carbocycles. The Morgan fingerprint density at radius 3 is 2.87 bits per heavy atom. The van der Waals surface area contributed by atoms with Gasteiger partial charge in [-0.05, 0) is 18.1 Å². The van der Waals surface area contributed by atoms with E-state index >= 15 is 0 Å². The van der Waals surface area contributed by atoms with Gasteiger partial charge in [0.1, 0.15) is 12.7 Å². The highest BCUT2D eigenvalue weighted by atomic mass is 32.2. The molecule has 9 nitrogen and oxygen atoms in total. The summed E-state index contributed by atoms with van der Waals surface area (Å²) in [6.45, 7) is 0.302. The van der Waals surface area contributed by atoms with Crippen LogP contribution in [0.5, 0.6) is 0 Å². The van der Waals surface area contributed by atoms with Crippen molar-refractivity contribution in [3.63, 3.8) is 0 Å². The molecular weight excluding hydrogens is 320 g/mol. The lowest BCUT2D eigenvalue weighted by atomic mass is 10.2. The Morgan fingerprint density at radius 1 is 1.39 bits per heavy atom. The minimum Gasteiger partial charge on any atom is -0.334 e. The van der Waals surface area contributed by atoms with E-state index in [1.54, 1.807) is 18.6 Å². The van der Waals surface area contributed by atoms with Crippen LogP contribution >= 0.6 is 0 Å². The van der Waals surface area contributed by atoms with Gasteiger partial charge in [0.25, 0.3) is 0 Å². The second-order valence-corrected chi connectivity index (χ2v) is 7.52. The fourth-order valence-electron chi connectivity index (χ4n) is 2.31. The fourth-order valence-corrected chi connectivity index (χ4v) is 3.98. The molecule has 2 N–H and O–H groups in total. The number of pyridine rings is 1. The summed E-state index contributed by atoms with van der Waals surface area (Å²) in [4.78, 5) is 19.9. The van der Waals surface area contributed by atoms with Gasteiger partial charge in [-0.2, -0.15) is 5.10 Å². The summed E-state index contributed by atoms with van der Waals surface area (Å²) < 4.78 is 24.2. The van der Waals surface area contributed by atoms with Crippen molar-refractivity contribution in [2.24, 2.45) is 0 Å². The molecule has 23 heavy (non-hydrogen) atoms. The van der Waals surface area contributed by atoms with Crippen LogP contribution < -0.4 is 10.6 Å². The van der Waals surface area contributed by atoms with Gasteiger partial charge in [-0.1, -0.05) is 6.07 Å². The third-order valence-corrected chi connectivity index (χ3v) is 5.25. The van der Waals surface area contributed by atoms with Crippen molar-refractivity contribution in [2.45, 2.75) is 19.0 Å². The third kappa shape index (κ3) is 4.03. The number of nitrogens with zero attached hydrogens (tertiary/aromatic N) is 4. The summed E-state index contributed by atoms with van der Waals surface area (Å²) in [7, 11) is -3.00. The van der Waals surface area contributed by atoms with E-state index in [1.165, 1.54) is 11.0 Å². The minimum atomic E-state index is -3.00. The number of hydrogen-bond donors (Lipinski definition) is 2. The molecule has 2 amide bonds. The molecule has 0 radical (unpaired) electrons. The van der Waals surface area contributed by atoms with E-state index in [9.17, 15) is 13.2 Å². The highest BCUT2D eigenvalue weighted by Gasteiger charge is 2.28. The summed E-state index contributed by atoms with van der Waals surface area (Å²) in [5.41, 5.74) is 0.822. The quantitative estimate of drug-likeness (QED) is 0.787. The van der Waals surface area contributed by atoms with Crippen LogP contribution in [0.3, 0.4) is 0 Å². The Kier molecular flexibility index (Phi) is 4.24.